The molecule has 3 rings (SSSR count). The van der Waals surface area contributed by atoms with Crippen molar-refractivity contribution in [3.8, 4) is 11.4 Å². The van der Waals surface area contributed by atoms with Crippen LogP contribution in [0.4, 0.5) is 5.69 Å². The SMILES string of the molecule is Cn1ncc(N)c1-c1cc2ncccn2n1. The van der Waals surface area contributed by atoms with Gasteiger partial charge in [-0.2, -0.15) is 10.2 Å². The topological polar surface area (TPSA) is 74.0 Å². The zero-order valence-electron chi connectivity index (χ0n) is 8.70. The Morgan fingerprint density at radius 2 is 2.25 bits per heavy atom. The summed E-state index contributed by atoms with van der Waals surface area (Å²) in [5, 5.41) is 8.47. The molecule has 3 aromatic heterocycles. The second kappa shape index (κ2) is 3.06. The molecule has 2 N–H and O–H groups in total. The van der Waals surface area contributed by atoms with Crippen LogP contribution in [0.2, 0.25) is 0 Å². The van der Waals surface area contributed by atoms with Gasteiger partial charge in [-0.3, -0.25) is 4.68 Å². The van der Waals surface area contributed by atoms with Crippen LogP contribution < -0.4 is 5.73 Å². The molecule has 0 atom stereocenters. The standard InChI is InChI=1S/C10H10N6/c1-15-10(7(11)6-13-15)8-5-9-12-3-2-4-16(9)14-8/h2-6H,11H2,1H3. The van der Waals surface area contributed by atoms with E-state index in [0.29, 0.717) is 5.69 Å². The summed E-state index contributed by atoms with van der Waals surface area (Å²) in [5.41, 5.74) is 8.83. The Labute approximate surface area is 91.3 Å². The molecule has 0 fully saturated rings. The smallest absolute Gasteiger partial charge is 0.155 e. The van der Waals surface area contributed by atoms with Crippen molar-refractivity contribution in [1.29, 1.82) is 0 Å². The lowest BCUT2D eigenvalue weighted by Crippen LogP contribution is -1.96. The van der Waals surface area contributed by atoms with Crippen LogP contribution in [0.25, 0.3) is 17.0 Å². The van der Waals surface area contributed by atoms with E-state index in [1.54, 1.807) is 21.6 Å². The van der Waals surface area contributed by atoms with Gasteiger partial charge in [0.25, 0.3) is 0 Å². The van der Waals surface area contributed by atoms with Crippen LogP contribution in [0.15, 0.2) is 30.7 Å². The molecule has 16 heavy (non-hydrogen) atoms. The van der Waals surface area contributed by atoms with Crippen LogP contribution >= 0.6 is 0 Å². The molecule has 0 aliphatic carbocycles. The first-order valence-electron chi connectivity index (χ1n) is 4.84. The first-order valence-corrected chi connectivity index (χ1v) is 4.84. The number of fused-ring (bicyclic) bond motifs is 1. The number of rotatable bonds is 1. The number of aromatic nitrogens is 5. The van der Waals surface area contributed by atoms with Crippen LogP contribution in [0, 0.1) is 0 Å². The van der Waals surface area contributed by atoms with E-state index in [1.807, 2.05) is 25.4 Å². The van der Waals surface area contributed by atoms with Gasteiger partial charge in [-0.15, -0.1) is 0 Å². The molecule has 0 radical (unpaired) electrons. The normalized spacial score (nSPS) is 11.1. The summed E-state index contributed by atoms with van der Waals surface area (Å²) in [7, 11) is 1.84. The Hall–Kier alpha value is -2.37. The molecule has 6 heteroatoms. The van der Waals surface area contributed by atoms with Crippen LogP contribution in [0.1, 0.15) is 0 Å². The fraction of sp³-hybridized carbons (Fsp3) is 0.100. The highest BCUT2D eigenvalue weighted by molar-refractivity contribution is 5.71. The van der Waals surface area contributed by atoms with Crippen molar-refractivity contribution in [2.24, 2.45) is 7.05 Å². The summed E-state index contributed by atoms with van der Waals surface area (Å²) < 4.78 is 3.42. The number of nitrogens with two attached hydrogens (primary N) is 1. The van der Waals surface area contributed by atoms with Gasteiger partial charge in [0.2, 0.25) is 0 Å². The first-order chi connectivity index (χ1) is 7.75. The maximum atomic E-state index is 5.84. The van der Waals surface area contributed by atoms with Crippen molar-refractivity contribution in [2.75, 3.05) is 5.73 Å². The van der Waals surface area contributed by atoms with Gasteiger partial charge in [-0.25, -0.2) is 9.50 Å². The monoisotopic (exact) mass is 214 g/mol. The van der Waals surface area contributed by atoms with Crippen molar-refractivity contribution < 1.29 is 0 Å². The largest absolute Gasteiger partial charge is 0.396 e. The van der Waals surface area contributed by atoms with E-state index >= 15 is 0 Å². The molecule has 3 aromatic rings. The molecule has 0 spiro atoms. The third-order valence-corrected chi connectivity index (χ3v) is 2.45. The fourth-order valence-electron chi connectivity index (χ4n) is 1.71. The van der Waals surface area contributed by atoms with Crippen molar-refractivity contribution in [2.45, 2.75) is 0 Å². The molecule has 0 aliphatic heterocycles. The van der Waals surface area contributed by atoms with Gasteiger partial charge in [0.15, 0.2) is 5.65 Å². The van der Waals surface area contributed by atoms with Gasteiger partial charge in [-0.05, 0) is 6.07 Å². The zero-order chi connectivity index (χ0) is 11.1. The summed E-state index contributed by atoms with van der Waals surface area (Å²) in [5.74, 6) is 0. The molecule has 0 bridgehead atoms. The van der Waals surface area contributed by atoms with Crippen LogP contribution in [-0.2, 0) is 7.05 Å². The van der Waals surface area contributed by atoms with Gasteiger partial charge >= 0.3 is 0 Å². The van der Waals surface area contributed by atoms with E-state index < -0.39 is 0 Å². The second-order valence-electron chi connectivity index (χ2n) is 3.52. The van der Waals surface area contributed by atoms with Crippen LogP contribution in [0.3, 0.4) is 0 Å². The lowest BCUT2D eigenvalue weighted by atomic mass is 10.3. The summed E-state index contributed by atoms with van der Waals surface area (Å²) in [4.78, 5) is 4.20. The minimum Gasteiger partial charge on any atom is -0.396 e. The highest BCUT2D eigenvalue weighted by Crippen LogP contribution is 2.23. The van der Waals surface area contributed by atoms with Crippen LogP contribution in [-0.4, -0.2) is 24.4 Å². The summed E-state index contributed by atoms with van der Waals surface area (Å²) in [6.45, 7) is 0. The Kier molecular flexibility index (Phi) is 1.70. The number of hydrogen-bond acceptors (Lipinski definition) is 4. The molecule has 0 amide bonds. The summed E-state index contributed by atoms with van der Waals surface area (Å²) in [6, 6.07) is 3.71. The highest BCUT2D eigenvalue weighted by atomic mass is 15.3. The maximum Gasteiger partial charge on any atom is 0.155 e. The summed E-state index contributed by atoms with van der Waals surface area (Å²) in [6.07, 6.45) is 5.19. The Morgan fingerprint density at radius 1 is 1.38 bits per heavy atom. The fourth-order valence-corrected chi connectivity index (χ4v) is 1.71. The van der Waals surface area contributed by atoms with Gasteiger partial charge in [-0.1, -0.05) is 0 Å². The number of anilines is 1. The van der Waals surface area contributed by atoms with E-state index in [1.165, 1.54) is 0 Å². The highest BCUT2D eigenvalue weighted by Gasteiger charge is 2.12. The molecule has 80 valence electrons. The van der Waals surface area contributed by atoms with Gasteiger partial charge in [0.1, 0.15) is 11.4 Å². The number of aryl methyl sites for hydroxylation is 1. The lowest BCUT2D eigenvalue weighted by molar-refractivity contribution is 0.771. The molecule has 0 saturated heterocycles. The third kappa shape index (κ3) is 1.16. The van der Waals surface area contributed by atoms with E-state index in [4.69, 9.17) is 5.73 Å². The molecular weight excluding hydrogens is 204 g/mol. The Balaban J connectivity index is 2.27. The zero-order valence-corrected chi connectivity index (χ0v) is 8.70. The van der Waals surface area contributed by atoms with Gasteiger partial charge < -0.3 is 5.73 Å². The molecular formula is C10H10N6. The average molecular weight is 214 g/mol. The predicted molar refractivity (Wildman–Crippen MR) is 59.6 cm³/mol. The van der Waals surface area contributed by atoms with E-state index in [0.717, 1.165) is 17.0 Å². The maximum absolute atomic E-state index is 5.84. The van der Waals surface area contributed by atoms with Crippen LogP contribution in [0.5, 0.6) is 0 Å². The van der Waals surface area contributed by atoms with Crippen molar-refractivity contribution in [3.05, 3.63) is 30.7 Å². The lowest BCUT2D eigenvalue weighted by Gasteiger charge is -1.97. The van der Waals surface area contributed by atoms with Crippen molar-refractivity contribution in [3.63, 3.8) is 0 Å². The van der Waals surface area contributed by atoms with Gasteiger partial charge in [0, 0.05) is 25.5 Å². The van der Waals surface area contributed by atoms with E-state index in [-0.39, 0.29) is 0 Å². The Bertz CT molecular complexity index is 598. The van der Waals surface area contributed by atoms with Gasteiger partial charge in [0.05, 0.1) is 11.9 Å². The van der Waals surface area contributed by atoms with Crippen molar-refractivity contribution >= 4 is 11.3 Å². The number of nitrogens with zero attached hydrogens (tertiary/aromatic N) is 5. The third-order valence-electron chi connectivity index (χ3n) is 2.45. The Morgan fingerprint density at radius 3 is 2.94 bits per heavy atom. The molecule has 0 unspecified atom stereocenters. The number of nitrogen functional groups attached to an aromatic ring is 1. The summed E-state index contributed by atoms with van der Waals surface area (Å²) >= 11 is 0. The molecule has 6 nitrogen and oxygen atoms in total. The van der Waals surface area contributed by atoms with Crippen molar-refractivity contribution in [1.82, 2.24) is 24.4 Å². The molecule has 3 heterocycles. The molecule has 0 saturated carbocycles. The minimum atomic E-state index is 0.617. The first kappa shape index (κ1) is 8.90. The van der Waals surface area contributed by atoms with E-state index in [9.17, 15) is 0 Å². The quantitative estimate of drug-likeness (QED) is 0.647. The van der Waals surface area contributed by atoms with E-state index in [2.05, 4.69) is 15.2 Å². The number of hydrogen-bond donors (Lipinski definition) is 1. The molecule has 0 aromatic carbocycles. The average Bonchev–Trinajstić information content (AvgIpc) is 2.82. The molecule has 0 aliphatic rings. The minimum absolute atomic E-state index is 0.617. The second-order valence-corrected chi connectivity index (χ2v) is 3.52. The predicted octanol–water partition coefficient (Wildman–Crippen LogP) is 0.712.